The van der Waals surface area contributed by atoms with Gasteiger partial charge in [0.05, 0.1) is 12.6 Å². The van der Waals surface area contributed by atoms with Crippen molar-refractivity contribution in [2.75, 3.05) is 0 Å². The van der Waals surface area contributed by atoms with E-state index < -0.39 is 6.04 Å². The molecule has 0 spiro atoms. The molecule has 2 rings (SSSR count). The summed E-state index contributed by atoms with van der Waals surface area (Å²) in [4.78, 5) is 12.0. The van der Waals surface area contributed by atoms with Crippen LogP contribution in [0.15, 0.2) is 0 Å². The van der Waals surface area contributed by atoms with E-state index in [-0.39, 0.29) is 36.1 Å². The zero-order chi connectivity index (χ0) is 14.0. The maximum atomic E-state index is 12.0. The number of nitrogens with two attached hydrogens (primary N) is 1. The van der Waals surface area contributed by atoms with Crippen molar-refractivity contribution in [3.05, 3.63) is 11.6 Å². The van der Waals surface area contributed by atoms with Crippen molar-refractivity contribution >= 4 is 30.7 Å². The number of amides is 1. The van der Waals surface area contributed by atoms with Gasteiger partial charge >= 0.3 is 0 Å². The van der Waals surface area contributed by atoms with E-state index in [4.69, 9.17) is 5.73 Å². The lowest BCUT2D eigenvalue weighted by Gasteiger charge is -2.25. The number of aromatic nitrogens is 3. The normalized spacial score (nSPS) is 15.2. The molecule has 1 aromatic heterocycles. The lowest BCUT2D eigenvalue weighted by molar-refractivity contribution is -0.124. The van der Waals surface area contributed by atoms with Gasteiger partial charge in [-0.25, -0.2) is 0 Å². The lowest BCUT2D eigenvalue weighted by Crippen LogP contribution is -2.48. The number of nitrogens with zero attached hydrogens (tertiary/aromatic N) is 3. The van der Waals surface area contributed by atoms with Gasteiger partial charge in [0, 0.05) is 13.0 Å². The predicted octanol–water partition coefficient (Wildman–Crippen LogP) is 1.45. The van der Waals surface area contributed by atoms with Crippen LogP contribution < -0.4 is 11.1 Å². The summed E-state index contributed by atoms with van der Waals surface area (Å²) in [5, 5.41) is 11.2. The van der Waals surface area contributed by atoms with Crippen LogP contribution in [0.3, 0.4) is 0 Å². The zero-order valence-electron chi connectivity index (χ0n) is 12.8. The van der Waals surface area contributed by atoms with Crippen LogP contribution in [0.25, 0.3) is 0 Å². The monoisotopic (exact) mass is 337 g/mol. The molecule has 0 aromatic carbocycles. The second-order valence-corrected chi connectivity index (χ2v) is 6.20. The van der Waals surface area contributed by atoms with Crippen molar-refractivity contribution in [1.29, 1.82) is 0 Å². The van der Waals surface area contributed by atoms with Crippen LogP contribution in [0.5, 0.6) is 0 Å². The third kappa shape index (κ3) is 4.83. The molecule has 1 atom stereocenters. The molecular formula is C13H25Cl2N5O. The molecule has 1 amide bonds. The maximum Gasteiger partial charge on any atom is 0.237 e. The van der Waals surface area contributed by atoms with E-state index in [0.29, 0.717) is 6.54 Å². The summed E-state index contributed by atoms with van der Waals surface area (Å²) < 4.78 is 2.10. The van der Waals surface area contributed by atoms with Gasteiger partial charge in [-0.2, -0.15) is 0 Å². The van der Waals surface area contributed by atoms with Crippen LogP contribution in [0.1, 0.15) is 45.3 Å². The highest BCUT2D eigenvalue weighted by molar-refractivity contribution is 5.85. The molecule has 0 aliphatic carbocycles. The molecule has 8 heteroatoms. The number of halogens is 2. The van der Waals surface area contributed by atoms with Gasteiger partial charge in [0.15, 0.2) is 5.82 Å². The van der Waals surface area contributed by atoms with Crippen molar-refractivity contribution in [2.24, 2.45) is 11.1 Å². The molecule has 1 aliphatic heterocycles. The topological polar surface area (TPSA) is 85.8 Å². The second kappa shape index (κ2) is 7.96. The highest BCUT2D eigenvalue weighted by atomic mass is 35.5. The summed E-state index contributed by atoms with van der Waals surface area (Å²) in [6.45, 7) is 7.21. The van der Waals surface area contributed by atoms with E-state index in [9.17, 15) is 4.79 Å². The number of fused-ring (bicyclic) bond motifs is 1. The summed E-state index contributed by atoms with van der Waals surface area (Å²) >= 11 is 0. The summed E-state index contributed by atoms with van der Waals surface area (Å²) in [6, 6.07) is -0.517. The van der Waals surface area contributed by atoms with Crippen LogP contribution in [0.4, 0.5) is 0 Å². The Kier molecular flexibility index (Phi) is 7.64. The van der Waals surface area contributed by atoms with Gasteiger partial charge in [-0.1, -0.05) is 20.8 Å². The molecule has 0 saturated carbocycles. The Hall–Kier alpha value is -0.850. The Labute approximate surface area is 138 Å². The SMILES string of the molecule is CC(C)(C)[C@H](N)C(=O)NCc1nnc2n1CCCC2.Cl.Cl. The van der Waals surface area contributed by atoms with E-state index in [1.807, 2.05) is 20.8 Å². The Morgan fingerprint density at radius 3 is 2.62 bits per heavy atom. The quantitative estimate of drug-likeness (QED) is 0.873. The second-order valence-electron chi connectivity index (χ2n) is 6.20. The van der Waals surface area contributed by atoms with E-state index in [0.717, 1.165) is 31.0 Å². The Bertz CT molecular complexity index is 470. The first-order valence-electron chi connectivity index (χ1n) is 6.84. The van der Waals surface area contributed by atoms with Gasteiger partial charge in [0.1, 0.15) is 5.82 Å². The number of aryl methyl sites for hydroxylation is 1. The molecule has 0 unspecified atom stereocenters. The van der Waals surface area contributed by atoms with E-state index >= 15 is 0 Å². The fraction of sp³-hybridized carbons (Fsp3) is 0.769. The van der Waals surface area contributed by atoms with Gasteiger partial charge in [-0.05, 0) is 18.3 Å². The predicted molar refractivity (Wildman–Crippen MR) is 86.7 cm³/mol. The van der Waals surface area contributed by atoms with E-state index in [2.05, 4.69) is 20.1 Å². The number of carbonyl (C=O) groups is 1. The Morgan fingerprint density at radius 2 is 2.00 bits per heavy atom. The molecular weight excluding hydrogens is 313 g/mol. The molecule has 1 aliphatic rings. The number of hydrogen-bond donors (Lipinski definition) is 2. The molecule has 21 heavy (non-hydrogen) atoms. The maximum absolute atomic E-state index is 12.0. The third-order valence-corrected chi connectivity index (χ3v) is 3.57. The van der Waals surface area contributed by atoms with Crippen molar-refractivity contribution in [3.63, 3.8) is 0 Å². The highest BCUT2D eigenvalue weighted by Gasteiger charge is 2.27. The molecule has 2 heterocycles. The molecule has 0 bridgehead atoms. The van der Waals surface area contributed by atoms with Crippen LogP contribution in [0.2, 0.25) is 0 Å². The van der Waals surface area contributed by atoms with Crippen molar-refractivity contribution in [1.82, 2.24) is 20.1 Å². The summed E-state index contributed by atoms with van der Waals surface area (Å²) in [7, 11) is 0. The largest absolute Gasteiger partial charge is 0.347 e. The molecule has 0 radical (unpaired) electrons. The minimum atomic E-state index is -0.517. The van der Waals surface area contributed by atoms with Crippen LogP contribution in [-0.2, 0) is 24.3 Å². The first-order chi connectivity index (χ1) is 8.89. The first kappa shape index (κ1) is 20.1. The van der Waals surface area contributed by atoms with Crippen molar-refractivity contribution in [2.45, 2.75) is 59.2 Å². The number of nitrogens with one attached hydrogen (secondary N) is 1. The first-order valence-corrected chi connectivity index (χ1v) is 6.84. The number of carbonyl (C=O) groups excluding carboxylic acids is 1. The smallest absolute Gasteiger partial charge is 0.237 e. The van der Waals surface area contributed by atoms with Gasteiger partial charge in [0.25, 0.3) is 0 Å². The standard InChI is InChI=1S/C13H23N5O.2ClH/c1-13(2,3)11(14)12(19)15-8-10-17-16-9-6-4-5-7-18(9)10;;/h11H,4-8,14H2,1-3H3,(H,15,19);2*1H/t11-;;/m1../s1. The lowest BCUT2D eigenvalue weighted by atomic mass is 9.87. The summed E-state index contributed by atoms with van der Waals surface area (Å²) in [5.74, 6) is 1.71. The highest BCUT2D eigenvalue weighted by Crippen LogP contribution is 2.17. The molecule has 6 nitrogen and oxygen atoms in total. The molecule has 122 valence electrons. The van der Waals surface area contributed by atoms with Crippen LogP contribution >= 0.6 is 24.8 Å². The molecule has 0 saturated heterocycles. The average Bonchev–Trinajstić information content (AvgIpc) is 2.77. The number of rotatable bonds is 3. The molecule has 0 fully saturated rings. The van der Waals surface area contributed by atoms with Gasteiger partial charge in [0.2, 0.25) is 5.91 Å². The fourth-order valence-corrected chi connectivity index (χ4v) is 2.17. The molecule has 3 N–H and O–H groups in total. The Balaban J connectivity index is 0.00000200. The summed E-state index contributed by atoms with van der Waals surface area (Å²) in [5.41, 5.74) is 5.67. The summed E-state index contributed by atoms with van der Waals surface area (Å²) in [6.07, 6.45) is 3.29. The third-order valence-electron chi connectivity index (χ3n) is 3.57. The van der Waals surface area contributed by atoms with Crippen molar-refractivity contribution < 1.29 is 4.79 Å². The fourth-order valence-electron chi connectivity index (χ4n) is 2.17. The van der Waals surface area contributed by atoms with E-state index in [1.54, 1.807) is 0 Å². The van der Waals surface area contributed by atoms with Crippen molar-refractivity contribution in [3.8, 4) is 0 Å². The van der Waals surface area contributed by atoms with E-state index in [1.165, 1.54) is 6.42 Å². The Morgan fingerprint density at radius 1 is 1.33 bits per heavy atom. The minimum Gasteiger partial charge on any atom is -0.347 e. The molecule has 1 aromatic rings. The van der Waals surface area contributed by atoms with Gasteiger partial charge < -0.3 is 15.6 Å². The van der Waals surface area contributed by atoms with Gasteiger partial charge in [-0.3, -0.25) is 4.79 Å². The van der Waals surface area contributed by atoms with Crippen LogP contribution in [0, 0.1) is 5.41 Å². The average molecular weight is 338 g/mol. The minimum absolute atomic E-state index is 0. The van der Waals surface area contributed by atoms with Gasteiger partial charge in [-0.15, -0.1) is 35.0 Å². The zero-order valence-corrected chi connectivity index (χ0v) is 14.4. The van der Waals surface area contributed by atoms with Crippen LogP contribution in [-0.4, -0.2) is 26.7 Å². The number of hydrogen-bond acceptors (Lipinski definition) is 4.